The van der Waals surface area contributed by atoms with Crippen LogP contribution in [0.1, 0.15) is 12.0 Å². The highest BCUT2D eigenvalue weighted by Gasteiger charge is 2.05. The second kappa shape index (κ2) is 6.90. The fourth-order valence-electron chi connectivity index (χ4n) is 1.38. The van der Waals surface area contributed by atoms with Crippen molar-refractivity contribution in [2.75, 3.05) is 22.6 Å². The number of carbonyl (C=O) groups excluding carboxylic acids is 2. The number of anilines is 2. The average Bonchev–Trinajstić information content (AvgIpc) is 2.28. The van der Waals surface area contributed by atoms with E-state index < -0.39 is 0 Å². The van der Waals surface area contributed by atoms with Gasteiger partial charge in [0.25, 0.3) is 0 Å². The Hall–Kier alpha value is -1.69. The fraction of sp³-hybridized carbons (Fsp3) is 0.333. The zero-order valence-electron chi connectivity index (χ0n) is 10.2. The zero-order valence-corrected chi connectivity index (χ0v) is 11.0. The molecule has 0 spiro atoms. The molecule has 1 aromatic carbocycles. The van der Waals surface area contributed by atoms with Gasteiger partial charge in [-0.15, -0.1) is 0 Å². The number of benzene rings is 1. The maximum atomic E-state index is 11.6. The Morgan fingerprint density at radius 3 is 2.72 bits per heavy atom. The number of rotatable bonds is 6. The van der Waals surface area contributed by atoms with Gasteiger partial charge in [-0.2, -0.15) is 11.8 Å². The second-order valence-corrected chi connectivity index (χ2v) is 5.00. The van der Waals surface area contributed by atoms with Crippen LogP contribution in [0.15, 0.2) is 18.2 Å². The van der Waals surface area contributed by atoms with E-state index in [4.69, 9.17) is 11.5 Å². The van der Waals surface area contributed by atoms with E-state index in [1.54, 1.807) is 18.2 Å². The molecule has 0 saturated carbocycles. The molecule has 0 bridgehead atoms. The Balaban J connectivity index is 2.38. The smallest absolute Gasteiger partial charge is 0.227 e. The van der Waals surface area contributed by atoms with E-state index >= 15 is 0 Å². The van der Waals surface area contributed by atoms with Crippen molar-refractivity contribution in [2.24, 2.45) is 5.73 Å². The molecular weight excluding hydrogens is 250 g/mol. The molecule has 1 rings (SSSR count). The Morgan fingerprint density at radius 1 is 1.39 bits per heavy atom. The molecule has 0 saturated heterocycles. The van der Waals surface area contributed by atoms with Gasteiger partial charge in [0.2, 0.25) is 11.8 Å². The molecule has 0 aliphatic heterocycles. The van der Waals surface area contributed by atoms with Gasteiger partial charge in [0.15, 0.2) is 0 Å². The third-order valence-corrected chi connectivity index (χ3v) is 3.22. The van der Waals surface area contributed by atoms with Crippen LogP contribution < -0.4 is 16.8 Å². The average molecular weight is 267 g/mol. The lowest BCUT2D eigenvalue weighted by atomic mass is 10.2. The predicted molar refractivity (Wildman–Crippen MR) is 75.4 cm³/mol. The quantitative estimate of drug-likeness (QED) is 0.531. The largest absolute Gasteiger partial charge is 0.399 e. The molecule has 0 aliphatic carbocycles. The summed E-state index contributed by atoms with van der Waals surface area (Å²) in [7, 11) is 0. The van der Waals surface area contributed by atoms with Crippen molar-refractivity contribution in [3.63, 3.8) is 0 Å². The van der Waals surface area contributed by atoms with Crippen molar-refractivity contribution in [3.8, 4) is 0 Å². The summed E-state index contributed by atoms with van der Waals surface area (Å²) in [5, 5.41) is 2.80. The molecular formula is C12H17N3O2S. The summed E-state index contributed by atoms with van der Waals surface area (Å²) in [6, 6.07) is 5.32. The van der Waals surface area contributed by atoms with E-state index in [-0.39, 0.29) is 17.6 Å². The van der Waals surface area contributed by atoms with Crippen LogP contribution in [0, 0.1) is 6.92 Å². The summed E-state index contributed by atoms with van der Waals surface area (Å²) in [5.74, 6) is 0.367. The summed E-state index contributed by atoms with van der Waals surface area (Å²) in [5.41, 5.74) is 13.0. The SMILES string of the molecule is Cc1cc(N)ccc1NC(=O)CCSCC(N)=O. The molecule has 6 heteroatoms. The van der Waals surface area contributed by atoms with Crippen molar-refractivity contribution in [3.05, 3.63) is 23.8 Å². The lowest BCUT2D eigenvalue weighted by Gasteiger charge is -2.08. The summed E-state index contributed by atoms with van der Waals surface area (Å²) >= 11 is 1.35. The molecule has 0 aliphatic rings. The van der Waals surface area contributed by atoms with Crippen LogP contribution in [0.5, 0.6) is 0 Å². The topological polar surface area (TPSA) is 98.2 Å². The minimum absolute atomic E-state index is 0.0835. The van der Waals surface area contributed by atoms with Gasteiger partial charge in [0, 0.05) is 23.5 Å². The van der Waals surface area contributed by atoms with Crippen LogP contribution in [0.4, 0.5) is 11.4 Å². The van der Waals surface area contributed by atoms with Gasteiger partial charge in [-0.05, 0) is 30.7 Å². The minimum Gasteiger partial charge on any atom is -0.399 e. The third-order valence-electron chi connectivity index (χ3n) is 2.24. The third kappa shape index (κ3) is 5.09. The van der Waals surface area contributed by atoms with E-state index in [0.717, 1.165) is 11.3 Å². The molecule has 0 fully saturated rings. The number of thioether (sulfide) groups is 1. The Kier molecular flexibility index (Phi) is 5.51. The summed E-state index contributed by atoms with van der Waals surface area (Å²) in [6.45, 7) is 1.88. The highest BCUT2D eigenvalue weighted by Crippen LogP contribution is 2.17. The molecule has 18 heavy (non-hydrogen) atoms. The van der Waals surface area contributed by atoms with Gasteiger partial charge in [-0.3, -0.25) is 9.59 Å². The lowest BCUT2D eigenvalue weighted by Crippen LogP contribution is -2.16. The van der Waals surface area contributed by atoms with E-state index in [9.17, 15) is 9.59 Å². The number of nitrogen functional groups attached to an aromatic ring is 1. The van der Waals surface area contributed by atoms with Crippen molar-refractivity contribution < 1.29 is 9.59 Å². The fourth-order valence-corrected chi connectivity index (χ4v) is 2.05. The Bertz CT molecular complexity index is 449. The first kappa shape index (κ1) is 14.4. The Morgan fingerprint density at radius 2 is 2.11 bits per heavy atom. The number of primary amides is 1. The maximum Gasteiger partial charge on any atom is 0.227 e. The van der Waals surface area contributed by atoms with Crippen molar-refractivity contribution >= 4 is 35.0 Å². The van der Waals surface area contributed by atoms with Gasteiger partial charge in [-0.25, -0.2) is 0 Å². The highest BCUT2D eigenvalue weighted by molar-refractivity contribution is 7.99. The maximum absolute atomic E-state index is 11.6. The first-order chi connectivity index (χ1) is 8.49. The van der Waals surface area contributed by atoms with Crippen LogP contribution >= 0.6 is 11.8 Å². The monoisotopic (exact) mass is 267 g/mol. The lowest BCUT2D eigenvalue weighted by molar-refractivity contribution is -0.116. The van der Waals surface area contributed by atoms with Gasteiger partial charge >= 0.3 is 0 Å². The zero-order chi connectivity index (χ0) is 13.5. The minimum atomic E-state index is -0.366. The van der Waals surface area contributed by atoms with Crippen LogP contribution in [-0.4, -0.2) is 23.3 Å². The molecule has 1 aromatic rings. The van der Waals surface area contributed by atoms with E-state index in [0.29, 0.717) is 17.9 Å². The van der Waals surface area contributed by atoms with Gasteiger partial charge in [-0.1, -0.05) is 0 Å². The van der Waals surface area contributed by atoms with Crippen LogP contribution in [-0.2, 0) is 9.59 Å². The van der Waals surface area contributed by atoms with Crippen molar-refractivity contribution in [1.29, 1.82) is 0 Å². The molecule has 0 unspecified atom stereocenters. The van der Waals surface area contributed by atoms with Crippen LogP contribution in [0.25, 0.3) is 0 Å². The molecule has 98 valence electrons. The number of aryl methyl sites for hydroxylation is 1. The Labute approximate surface area is 110 Å². The standard InChI is InChI=1S/C12H17N3O2S/c1-8-6-9(13)2-3-10(8)15-12(17)4-5-18-7-11(14)16/h2-3,6H,4-5,7,13H2,1H3,(H2,14,16)(H,15,17). The molecule has 5 N–H and O–H groups in total. The van der Waals surface area contributed by atoms with Gasteiger partial charge in [0.05, 0.1) is 5.75 Å². The first-order valence-electron chi connectivity index (χ1n) is 5.51. The first-order valence-corrected chi connectivity index (χ1v) is 6.66. The van der Waals surface area contributed by atoms with E-state index in [1.807, 2.05) is 6.92 Å². The second-order valence-electron chi connectivity index (χ2n) is 3.89. The molecule has 0 aromatic heterocycles. The predicted octanol–water partition coefficient (Wildman–Crippen LogP) is 1.12. The van der Waals surface area contributed by atoms with Crippen molar-refractivity contribution in [1.82, 2.24) is 0 Å². The summed E-state index contributed by atoms with van der Waals surface area (Å²) in [6.07, 6.45) is 0.349. The number of nitrogens with two attached hydrogens (primary N) is 2. The number of hydrogen-bond donors (Lipinski definition) is 3. The molecule has 0 radical (unpaired) electrons. The summed E-state index contributed by atoms with van der Waals surface area (Å²) in [4.78, 5) is 22.1. The highest BCUT2D eigenvalue weighted by atomic mass is 32.2. The number of nitrogens with one attached hydrogen (secondary N) is 1. The van der Waals surface area contributed by atoms with Crippen LogP contribution in [0.3, 0.4) is 0 Å². The number of hydrogen-bond acceptors (Lipinski definition) is 4. The normalized spacial score (nSPS) is 10.1. The van der Waals surface area contributed by atoms with Gasteiger partial charge in [0.1, 0.15) is 0 Å². The number of amides is 2. The molecule has 2 amide bonds. The number of carbonyl (C=O) groups is 2. The molecule has 0 heterocycles. The van der Waals surface area contributed by atoms with E-state index in [1.165, 1.54) is 11.8 Å². The summed E-state index contributed by atoms with van der Waals surface area (Å²) < 4.78 is 0. The molecule has 0 atom stereocenters. The van der Waals surface area contributed by atoms with E-state index in [2.05, 4.69) is 5.32 Å². The molecule has 5 nitrogen and oxygen atoms in total. The van der Waals surface area contributed by atoms with Crippen molar-refractivity contribution in [2.45, 2.75) is 13.3 Å². The van der Waals surface area contributed by atoms with Gasteiger partial charge < -0.3 is 16.8 Å². The van der Waals surface area contributed by atoms with Crippen LogP contribution in [0.2, 0.25) is 0 Å².